The second kappa shape index (κ2) is 6.90. The van der Waals surface area contributed by atoms with Crippen LogP contribution in [0.3, 0.4) is 0 Å². The van der Waals surface area contributed by atoms with Crippen LogP contribution in [0.25, 0.3) is 0 Å². The van der Waals surface area contributed by atoms with Gasteiger partial charge in [-0.05, 0) is 52.9 Å². The van der Waals surface area contributed by atoms with Gasteiger partial charge in [-0.25, -0.2) is 0 Å². The van der Waals surface area contributed by atoms with Gasteiger partial charge in [-0.15, -0.1) is 0 Å². The van der Waals surface area contributed by atoms with E-state index in [0.717, 1.165) is 31.9 Å². The van der Waals surface area contributed by atoms with E-state index in [0.29, 0.717) is 12.2 Å². The highest BCUT2D eigenvalue weighted by atomic mass is 19.4. The summed E-state index contributed by atoms with van der Waals surface area (Å²) >= 11 is 0. The Morgan fingerprint density at radius 2 is 2.13 bits per heavy atom. The molecule has 1 heterocycles. The predicted octanol–water partition coefficient (Wildman–Crippen LogP) is 2.41. The molecule has 0 radical (unpaired) electrons. The van der Waals surface area contributed by atoms with Crippen LogP contribution in [0.4, 0.5) is 13.2 Å². The van der Waals surface area contributed by atoms with E-state index in [-0.39, 0.29) is 11.8 Å². The highest BCUT2D eigenvalue weighted by Gasteiger charge is 2.39. The first kappa shape index (κ1) is 17.8. The lowest BCUT2D eigenvalue weighted by Gasteiger charge is -2.16. The lowest BCUT2D eigenvalue weighted by molar-refractivity contribution is -0.142. The summed E-state index contributed by atoms with van der Waals surface area (Å²) in [6.07, 6.45) is -2.01. The number of nitrogens with zero attached hydrogens (tertiary/aromatic N) is 3. The molecule has 1 unspecified atom stereocenters. The number of hydrogen-bond acceptors (Lipinski definition) is 3. The zero-order chi connectivity index (χ0) is 17.2. The first-order chi connectivity index (χ1) is 10.7. The Kier molecular flexibility index (Phi) is 5.33. The maximum absolute atomic E-state index is 12.9. The summed E-state index contributed by atoms with van der Waals surface area (Å²) in [7, 11) is 3.88. The Hall–Kier alpha value is -1.57. The Balaban J connectivity index is 2.04. The number of aromatic nitrogens is 2. The van der Waals surface area contributed by atoms with Crippen molar-refractivity contribution in [1.29, 1.82) is 0 Å². The molecule has 1 aromatic heterocycles. The first-order valence-corrected chi connectivity index (χ1v) is 7.79. The van der Waals surface area contributed by atoms with Gasteiger partial charge in [0.05, 0.1) is 0 Å². The summed E-state index contributed by atoms with van der Waals surface area (Å²) in [6.45, 7) is 2.91. The molecule has 5 nitrogen and oxygen atoms in total. The summed E-state index contributed by atoms with van der Waals surface area (Å²) in [4.78, 5) is 14.2. The van der Waals surface area contributed by atoms with Crippen LogP contribution < -0.4 is 5.32 Å². The third-order valence-corrected chi connectivity index (χ3v) is 3.88. The van der Waals surface area contributed by atoms with Crippen LogP contribution >= 0.6 is 0 Å². The van der Waals surface area contributed by atoms with E-state index in [2.05, 4.69) is 10.4 Å². The fourth-order valence-corrected chi connectivity index (χ4v) is 2.41. The molecule has 0 aromatic carbocycles. The fourth-order valence-electron chi connectivity index (χ4n) is 2.41. The normalized spacial score (nSPS) is 16.7. The van der Waals surface area contributed by atoms with Crippen molar-refractivity contribution in [3.63, 3.8) is 0 Å². The number of carbonyl (C=O) groups is 1. The van der Waals surface area contributed by atoms with E-state index in [1.807, 2.05) is 19.0 Å². The van der Waals surface area contributed by atoms with Crippen LogP contribution in [0, 0.1) is 0 Å². The van der Waals surface area contributed by atoms with Gasteiger partial charge in [0, 0.05) is 18.2 Å². The molecule has 0 bridgehead atoms. The molecule has 1 aliphatic carbocycles. The van der Waals surface area contributed by atoms with Crippen molar-refractivity contribution in [1.82, 2.24) is 20.0 Å². The standard InChI is InChI=1S/C15H23F3N4O/c1-10(14(23)19-7-4-8-21(2)3)22-12(11-5-6-11)9-13(20-22)15(16,17)18/h9-11H,4-8H2,1-3H3,(H,19,23). The van der Waals surface area contributed by atoms with Crippen molar-refractivity contribution in [3.8, 4) is 0 Å². The lowest BCUT2D eigenvalue weighted by Crippen LogP contribution is -2.34. The Morgan fingerprint density at radius 3 is 2.65 bits per heavy atom. The van der Waals surface area contributed by atoms with Gasteiger partial charge >= 0.3 is 6.18 Å². The van der Waals surface area contributed by atoms with Gasteiger partial charge in [-0.3, -0.25) is 9.48 Å². The zero-order valence-electron chi connectivity index (χ0n) is 13.7. The monoisotopic (exact) mass is 332 g/mol. The second-order valence-electron chi connectivity index (χ2n) is 6.29. The third kappa shape index (κ3) is 4.70. The molecule has 130 valence electrons. The molecule has 8 heteroatoms. The molecule has 0 saturated heterocycles. The summed E-state index contributed by atoms with van der Waals surface area (Å²) in [5.41, 5.74) is -0.417. The van der Waals surface area contributed by atoms with Crippen LogP contribution in [-0.2, 0) is 11.0 Å². The Labute approximate surface area is 133 Å². The SMILES string of the molecule is CC(C(=O)NCCCN(C)C)n1nc(C(F)(F)F)cc1C1CC1. The van der Waals surface area contributed by atoms with Gasteiger partial charge in [0.2, 0.25) is 5.91 Å². The number of nitrogens with one attached hydrogen (secondary N) is 1. The van der Waals surface area contributed by atoms with Crippen molar-refractivity contribution >= 4 is 5.91 Å². The summed E-state index contributed by atoms with van der Waals surface area (Å²) in [5.74, 6) is -0.218. The van der Waals surface area contributed by atoms with Crippen molar-refractivity contribution in [3.05, 3.63) is 17.5 Å². The van der Waals surface area contributed by atoms with Crippen molar-refractivity contribution in [2.24, 2.45) is 0 Å². The molecule has 1 N–H and O–H groups in total. The van der Waals surface area contributed by atoms with Crippen molar-refractivity contribution < 1.29 is 18.0 Å². The van der Waals surface area contributed by atoms with E-state index in [4.69, 9.17) is 0 Å². The smallest absolute Gasteiger partial charge is 0.354 e. The average molecular weight is 332 g/mol. The maximum Gasteiger partial charge on any atom is 0.435 e. The number of carbonyl (C=O) groups excluding carboxylic acids is 1. The van der Waals surface area contributed by atoms with E-state index in [9.17, 15) is 18.0 Å². The molecular weight excluding hydrogens is 309 g/mol. The molecule has 0 aliphatic heterocycles. The number of alkyl halides is 3. The predicted molar refractivity (Wildman–Crippen MR) is 80.1 cm³/mol. The highest BCUT2D eigenvalue weighted by Crippen LogP contribution is 2.42. The van der Waals surface area contributed by atoms with E-state index in [1.54, 1.807) is 6.92 Å². The van der Waals surface area contributed by atoms with Gasteiger partial charge in [0.15, 0.2) is 5.69 Å². The molecule has 1 amide bonds. The number of rotatable bonds is 7. The topological polar surface area (TPSA) is 50.2 Å². The van der Waals surface area contributed by atoms with Crippen LogP contribution in [0.2, 0.25) is 0 Å². The quantitative estimate of drug-likeness (QED) is 0.780. The molecule has 2 rings (SSSR count). The van der Waals surface area contributed by atoms with Crippen LogP contribution in [0.15, 0.2) is 6.07 Å². The second-order valence-corrected chi connectivity index (χ2v) is 6.29. The average Bonchev–Trinajstić information content (AvgIpc) is 3.19. The van der Waals surface area contributed by atoms with E-state index >= 15 is 0 Å². The fraction of sp³-hybridized carbons (Fsp3) is 0.733. The minimum Gasteiger partial charge on any atom is -0.354 e. The van der Waals surface area contributed by atoms with Crippen molar-refractivity contribution in [2.45, 2.75) is 44.3 Å². The van der Waals surface area contributed by atoms with Gasteiger partial charge in [-0.2, -0.15) is 18.3 Å². The van der Waals surface area contributed by atoms with Gasteiger partial charge < -0.3 is 10.2 Å². The number of halogens is 3. The molecule has 1 aliphatic rings. The summed E-state index contributed by atoms with van der Waals surface area (Å²) in [6, 6.07) is 0.328. The Morgan fingerprint density at radius 1 is 1.48 bits per heavy atom. The molecular formula is C15H23F3N4O. The minimum atomic E-state index is -4.49. The van der Waals surface area contributed by atoms with Crippen molar-refractivity contribution in [2.75, 3.05) is 27.2 Å². The third-order valence-electron chi connectivity index (χ3n) is 3.88. The molecule has 1 atom stereocenters. The van der Waals surface area contributed by atoms with E-state index < -0.39 is 17.9 Å². The van der Waals surface area contributed by atoms with Gasteiger partial charge in [-0.1, -0.05) is 0 Å². The molecule has 1 aromatic rings. The zero-order valence-corrected chi connectivity index (χ0v) is 13.7. The van der Waals surface area contributed by atoms with Crippen LogP contribution in [0.1, 0.15) is 49.5 Å². The highest BCUT2D eigenvalue weighted by molar-refractivity contribution is 5.79. The minimum absolute atomic E-state index is 0.0857. The van der Waals surface area contributed by atoms with Gasteiger partial charge in [0.1, 0.15) is 6.04 Å². The molecule has 1 saturated carbocycles. The van der Waals surface area contributed by atoms with Gasteiger partial charge in [0.25, 0.3) is 0 Å². The lowest BCUT2D eigenvalue weighted by atomic mass is 10.2. The number of amides is 1. The summed E-state index contributed by atoms with van der Waals surface area (Å²) < 4.78 is 39.9. The number of hydrogen-bond donors (Lipinski definition) is 1. The first-order valence-electron chi connectivity index (χ1n) is 7.79. The largest absolute Gasteiger partial charge is 0.435 e. The molecule has 23 heavy (non-hydrogen) atoms. The van der Waals surface area contributed by atoms with Crippen LogP contribution in [0.5, 0.6) is 0 Å². The molecule has 1 fully saturated rings. The molecule has 0 spiro atoms. The summed E-state index contributed by atoms with van der Waals surface area (Å²) in [5, 5.41) is 6.41. The van der Waals surface area contributed by atoms with Crippen LogP contribution in [-0.4, -0.2) is 47.8 Å². The van der Waals surface area contributed by atoms with E-state index in [1.165, 1.54) is 4.68 Å². The maximum atomic E-state index is 12.9. The Bertz CT molecular complexity index is 549.